The third-order valence-electron chi connectivity index (χ3n) is 1.62. The van der Waals surface area contributed by atoms with Gasteiger partial charge in [-0.3, -0.25) is 4.79 Å². The molecule has 0 atom stereocenters. The van der Waals surface area contributed by atoms with Crippen LogP contribution >= 0.6 is 0 Å². The maximum Gasteiger partial charge on any atom is 0.411 e. The van der Waals surface area contributed by atoms with Crippen LogP contribution < -0.4 is 21.7 Å². The number of carbonyl (C=O) groups is 4. The minimum absolute atomic E-state index is 0.124. The number of carbonyl (C=O) groups excluding carboxylic acids is 4. The summed E-state index contributed by atoms with van der Waals surface area (Å²) in [6.07, 6.45) is -1.97. The van der Waals surface area contributed by atoms with Gasteiger partial charge in [-0.1, -0.05) is 0 Å². The molecule has 0 aliphatic heterocycles. The molecule has 0 aromatic carbocycles. The molecule has 0 bridgehead atoms. The van der Waals surface area contributed by atoms with E-state index in [0.29, 0.717) is 6.61 Å². The van der Waals surface area contributed by atoms with Crippen LogP contribution in [0.5, 0.6) is 0 Å². The molecule has 0 saturated carbocycles. The summed E-state index contributed by atoms with van der Waals surface area (Å²) < 4.78 is 17.4. The van der Waals surface area contributed by atoms with Crippen LogP contribution in [0.3, 0.4) is 0 Å². The first-order chi connectivity index (χ1) is 10.9. The Kier molecular flexibility index (Phi) is 15.3. The highest BCUT2D eigenvalue weighted by molar-refractivity contribution is 5.70. The lowest BCUT2D eigenvalue weighted by Gasteiger charge is -2.07. The number of amides is 3. The largest absolute Gasteiger partial charge is 0.453 e. The number of rotatable bonds is 6. The van der Waals surface area contributed by atoms with Gasteiger partial charge in [-0.2, -0.15) is 0 Å². The zero-order chi connectivity index (χ0) is 18.1. The summed E-state index contributed by atoms with van der Waals surface area (Å²) in [7, 11) is 1.19. The molecule has 0 aromatic heterocycles. The Labute approximate surface area is 132 Å². The second-order valence-corrected chi connectivity index (χ2v) is 3.31. The van der Waals surface area contributed by atoms with Crippen molar-refractivity contribution in [3.63, 3.8) is 0 Å². The number of nitrogens with one attached hydrogen (secondary N) is 3. The molecule has 0 unspecified atom stereocenters. The van der Waals surface area contributed by atoms with E-state index in [1.807, 2.05) is 0 Å². The number of alkyl carbamates (subject to hydrolysis) is 3. The van der Waals surface area contributed by atoms with Crippen molar-refractivity contribution in [1.29, 1.82) is 0 Å². The van der Waals surface area contributed by atoms with Gasteiger partial charge in [0.25, 0.3) is 0 Å². The maximum atomic E-state index is 10.8. The van der Waals surface area contributed by atoms with Gasteiger partial charge in [0.1, 0.15) is 0 Å². The van der Waals surface area contributed by atoms with E-state index in [-0.39, 0.29) is 13.3 Å². The molecule has 0 rings (SSSR count). The van der Waals surface area contributed by atoms with Crippen molar-refractivity contribution in [3.8, 4) is 0 Å². The molecule has 23 heavy (non-hydrogen) atoms. The van der Waals surface area contributed by atoms with Crippen molar-refractivity contribution in [2.45, 2.75) is 13.8 Å². The van der Waals surface area contributed by atoms with E-state index in [1.54, 1.807) is 6.92 Å². The van der Waals surface area contributed by atoms with Crippen LogP contribution in [0.25, 0.3) is 0 Å². The first-order valence-electron chi connectivity index (χ1n) is 6.33. The van der Waals surface area contributed by atoms with Gasteiger partial charge < -0.3 is 40.6 Å². The Morgan fingerprint density at radius 1 is 0.913 bits per heavy atom. The number of methoxy groups -OCH3 is 1. The third-order valence-corrected chi connectivity index (χ3v) is 1.62. The normalized spacial score (nSPS) is 8.52. The Morgan fingerprint density at radius 2 is 1.48 bits per heavy atom. The highest BCUT2D eigenvalue weighted by Gasteiger charge is 2.03. The molecule has 0 radical (unpaired) electrons. The fourth-order valence-electron chi connectivity index (χ4n) is 0.743. The smallest absolute Gasteiger partial charge is 0.411 e. The average molecular weight is 338 g/mol. The zero-order valence-electron chi connectivity index (χ0n) is 13.2. The molecule has 0 saturated heterocycles. The van der Waals surface area contributed by atoms with Gasteiger partial charge in [0.05, 0.1) is 27.1 Å². The van der Waals surface area contributed by atoms with Crippen LogP contribution in [0.15, 0.2) is 0 Å². The second kappa shape index (κ2) is 15.6. The lowest BCUT2D eigenvalue weighted by Crippen LogP contribution is -2.37. The van der Waals surface area contributed by atoms with Crippen LogP contribution in [-0.2, 0) is 23.7 Å². The fourth-order valence-corrected chi connectivity index (χ4v) is 0.743. The summed E-state index contributed by atoms with van der Waals surface area (Å²) in [4.78, 5) is 41.8. The van der Waals surface area contributed by atoms with Crippen molar-refractivity contribution in [2.75, 3.05) is 33.8 Å². The van der Waals surface area contributed by atoms with Crippen LogP contribution in [0, 0.1) is 0 Å². The van der Waals surface area contributed by atoms with Crippen molar-refractivity contribution >= 4 is 24.2 Å². The molecule has 0 heterocycles. The predicted molar refractivity (Wildman–Crippen MR) is 75.9 cm³/mol. The first kappa shape index (κ1) is 22.5. The monoisotopic (exact) mass is 338 g/mol. The first-order valence-corrected chi connectivity index (χ1v) is 6.33. The standard InChI is InChI=1S/C7H12N2O6.C4H10N2O2/c1-5(10)14-4-15-7(12)9-3-8-6(11)13-2;1-2-8-4(7)6-3-5/h3-4H2,1-2H3,(H,8,11)(H,9,12);2-3,5H2,1H3,(H,6,7). The molecular weight excluding hydrogens is 316 g/mol. The molecule has 5 N–H and O–H groups in total. The second-order valence-electron chi connectivity index (χ2n) is 3.31. The Bertz CT molecular complexity index is 369. The Hall–Kier alpha value is -2.76. The van der Waals surface area contributed by atoms with Crippen molar-refractivity contribution in [3.05, 3.63) is 0 Å². The average Bonchev–Trinajstić information content (AvgIpc) is 2.48. The molecule has 0 aliphatic carbocycles. The fraction of sp³-hybridized carbons (Fsp3) is 0.636. The van der Waals surface area contributed by atoms with E-state index in [2.05, 4.69) is 34.9 Å². The zero-order valence-corrected chi connectivity index (χ0v) is 13.2. The summed E-state index contributed by atoms with van der Waals surface area (Å²) in [6, 6.07) is 0. The minimum atomic E-state index is -0.826. The van der Waals surface area contributed by atoms with Gasteiger partial charge in [-0.25, -0.2) is 14.4 Å². The maximum absolute atomic E-state index is 10.8. The van der Waals surface area contributed by atoms with Gasteiger partial charge in [0, 0.05) is 6.92 Å². The van der Waals surface area contributed by atoms with Gasteiger partial charge in [-0.15, -0.1) is 0 Å². The third kappa shape index (κ3) is 19.2. The highest BCUT2D eigenvalue weighted by Crippen LogP contribution is 1.80. The number of nitrogens with two attached hydrogens (primary N) is 1. The molecule has 0 aliphatic rings. The summed E-state index contributed by atoms with van der Waals surface area (Å²) in [5.74, 6) is -0.560. The number of ether oxygens (including phenoxy) is 4. The Morgan fingerprint density at radius 3 is 1.96 bits per heavy atom. The molecule has 0 fully saturated rings. The quantitative estimate of drug-likeness (QED) is 0.275. The lowest BCUT2D eigenvalue weighted by molar-refractivity contribution is -0.149. The summed E-state index contributed by atoms with van der Waals surface area (Å²) in [5, 5.41) is 6.60. The lowest BCUT2D eigenvalue weighted by atomic mass is 10.8. The van der Waals surface area contributed by atoms with Crippen molar-refractivity contribution in [2.24, 2.45) is 5.73 Å². The van der Waals surface area contributed by atoms with Gasteiger partial charge in [-0.05, 0) is 6.92 Å². The molecule has 3 amide bonds. The van der Waals surface area contributed by atoms with E-state index in [4.69, 9.17) is 5.73 Å². The van der Waals surface area contributed by atoms with Crippen LogP contribution in [-0.4, -0.2) is 58.1 Å². The molecular formula is C11H22N4O8. The van der Waals surface area contributed by atoms with Crippen LogP contribution in [0.2, 0.25) is 0 Å². The van der Waals surface area contributed by atoms with Gasteiger partial charge in [0.2, 0.25) is 6.79 Å². The summed E-state index contributed by atoms with van der Waals surface area (Å²) in [6.45, 7) is 2.80. The predicted octanol–water partition coefficient (Wildman–Crippen LogP) is -0.805. The minimum Gasteiger partial charge on any atom is -0.453 e. The van der Waals surface area contributed by atoms with E-state index < -0.39 is 31.0 Å². The highest BCUT2D eigenvalue weighted by atomic mass is 16.7. The molecule has 0 aromatic rings. The van der Waals surface area contributed by atoms with Crippen LogP contribution in [0.4, 0.5) is 14.4 Å². The Balaban J connectivity index is 0. The van der Waals surface area contributed by atoms with E-state index in [9.17, 15) is 19.2 Å². The summed E-state index contributed by atoms with van der Waals surface area (Å²) in [5.41, 5.74) is 4.95. The number of hydrogen-bond acceptors (Lipinski definition) is 9. The van der Waals surface area contributed by atoms with E-state index in [0.717, 1.165) is 0 Å². The van der Waals surface area contributed by atoms with E-state index in [1.165, 1.54) is 14.0 Å². The van der Waals surface area contributed by atoms with Crippen molar-refractivity contribution < 1.29 is 38.1 Å². The van der Waals surface area contributed by atoms with Crippen molar-refractivity contribution in [1.82, 2.24) is 16.0 Å². The van der Waals surface area contributed by atoms with Gasteiger partial charge in [0.15, 0.2) is 0 Å². The molecule has 0 spiro atoms. The summed E-state index contributed by atoms with van der Waals surface area (Å²) >= 11 is 0. The van der Waals surface area contributed by atoms with Crippen LogP contribution in [0.1, 0.15) is 13.8 Å². The van der Waals surface area contributed by atoms with E-state index >= 15 is 0 Å². The number of esters is 1. The topological polar surface area (TPSA) is 167 Å². The number of hydrogen-bond donors (Lipinski definition) is 4. The van der Waals surface area contributed by atoms with Gasteiger partial charge >= 0.3 is 24.2 Å². The molecule has 12 nitrogen and oxygen atoms in total. The molecule has 12 heteroatoms. The SMILES string of the molecule is CCOC(=O)NCN.COC(=O)NCNC(=O)OCOC(C)=O. The molecule has 134 valence electrons.